The highest BCUT2D eigenvalue weighted by Crippen LogP contribution is 2.07. The van der Waals surface area contributed by atoms with E-state index < -0.39 is 36.6 Å². The molecule has 10 heteroatoms. The number of carbonyl (C=O) groups is 5. The summed E-state index contributed by atoms with van der Waals surface area (Å²) >= 11 is 0. The molecule has 0 heterocycles. The number of esters is 5. The van der Waals surface area contributed by atoms with Crippen LogP contribution in [0.25, 0.3) is 0 Å². The highest BCUT2D eigenvalue weighted by Gasteiger charge is 2.20. The molecule has 1 atom stereocenters. The Kier molecular flexibility index (Phi) is 16.1. The van der Waals surface area contributed by atoms with E-state index >= 15 is 0 Å². The van der Waals surface area contributed by atoms with Crippen LogP contribution in [0.5, 0.6) is 0 Å². The largest absolute Gasteiger partial charge is 0.465 e. The van der Waals surface area contributed by atoms with Crippen molar-refractivity contribution in [3.05, 3.63) is 12.2 Å². The third-order valence-corrected chi connectivity index (χ3v) is 4.14. The van der Waals surface area contributed by atoms with Crippen molar-refractivity contribution in [1.82, 2.24) is 0 Å². The van der Waals surface area contributed by atoms with Crippen LogP contribution in [0.2, 0.25) is 0 Å². The van der Waals surface area contributed by atoms with Crippen molar-refractivity contribution < 1.29 is 47.7 Å². The quantitative estimate of drug-likeness (QED) is 0.135. The lowest BCUT2D eigenvalue weighted by Gasteiger charge is -2.13. The first kappa shape index (κ1) is 30.1. The van der Waals surface area contributed by atoms with Crippen LogP contribution in [0.15, 0.2) is 12.2 Å². The van der Waals surface area contributed by atoms with Crippen molar-refractivity contribution in [2.75, 3.05) is 26.4 Å². The lowest BCUT2D eigenvalue weighted by Crippen LogP contribution is -2.29. The fourth-order valence-corrected chi connectivity index (χ4v) is 2.25. The molecule has 0 aliphatic heterocycles. The molecule has 0 aromatic rings. The Bertz CT molecular complexity index is 668. The summed E-state index contributed by atoms with van der Waals surface area (Å²) in [4.78, 5) is 57.6. The summed E-state index contributed by atoms with van der Waals surface area (Å²) in [6, 6.07) is 0. The van der Waals surface area contributed by atoms with Gasteiger partial charge in [-0.15, -0.1) is 0 Å². The summed E-state index contributed by atoms with van der Waals surface area (Å²) in [6.45, 7) is 9.22. The van der Waals surface area contributed by atoms with Gasteiger partial charge in [0.1, 0.15) is 13.2 Å². The van der Waals surface area contributed by atoms with Gasteiger partial charge in [-0.2, -0.15) is 0 Å². The lowest BCUT2D eigenvalue weighted by atomic mass is 10.1. The molecule has 0 N–H and O–H groups in total. The van der Waals surface area contributed by atoms with Crippen LogP contribution in [0.3, 0.4) is 0 Å². The minimum absolute atomic E-state index is 0.129. The molecule has 0 saturated heterocycles. The first-order chi connectivity index (χ1) is 15.5. The number of unbranched alkanes of at least 4 members (excludes halogenated alkanes) is 4. The van der Waals surface area contributed by atoms with Crippen LogP contribution in [0.1, 0.15) is 66.2 Å². The van der Waals surface area contributed by atoms with E-state index in [1.54, 1.807) is 13.8 Å². The maximum Gasteiger partial charge on any atom is 0.347 e. The summed E-state index contributed by atoms with van der Waals surface area (Å²) in [5.41, 5.74) is 0.222. The predicted octanol–water partition coefficient (Wildman–Crippen LogP) is 2.66. The van der Waals surface area contributed by atoms with Crippen LogP contribution in [-0.2, 0) is 47.7 Å². The Morgan fingerprint density at radius 3 is 1.91 bits per heavy atom. The van der Waals surface area contributed by atoms with Gasteiger partial charge in [0, 0.05) is 12.0 Å². The minimum Gasteiger partial charge on any atom is -0.465 e. The Hall–Kier alpha value is -2.91. The Morgan fingerprint density at radius 1 is 0.697 bits per heavy atom. The van der Waals surface area contributed by atoms with Crippen LogP contribution in [0.4, 0.5) is 0 Å². The summed E-state index contributed by atoms with van der Waals surface area (Å²) < 4.78 is 24.3. The molecular weight excluding hydrogens is 436 g/mol. The van der Waals surface area contributed by atoms with Gasteiger partial charge in [0.25, 0.3) is 0 Å². The molecular formula is C23H36O10. The van der Waals surface area contributed by atoms with Gasteiger partial charge in [-0.05, 0) is 26.7 Å². The molecule has 0 bridgehead atoms. The van der Waals surface area contributed by atoms with Crippen molar-refractivity contribution >= 4 is 29.8 Å². The maximum absolute atomic E-state index is 11.7. The first-order valence-corrected chi connectivity index (χ1v) is 11.1. The number of rotatable bonds is 17. The molecule has 0 aromatic carbocycles. The zero-order chi connectivity index (χ0) is 25.2. The molecule has 188 valence electrons. The number of hydrogen-bond acceptors (Lipinski definition) is 10. The van der Waals surface area contributed by atoms with Crippen molar-refractivity contribution in [1.29, 1.82) is 0 Å². The number of hydrogen-bond donors (Lipinski definition) is 0. The summed E-state index contributed by atoms with van der Waals surface area (Å²) in [6.07, 6.45) is 2.93. The fraction of sp³-hybridized carbons (Fsp3) is 0.696. The minimum atomic E-state index is -1.20. The molecule has 0 rings (SSSR count). The molecule has 0 fully saturated rings. The van der Waals surface area contributed by atoms with E-state index in [1.807, 2.05) is 0 Å². The highest BCUT2D eigenvalue weighted by molar-refractivity contribution is 5.87. The zero-order valence-electron chi connectivity index (χ0n) is 20.0. The van der Waals surface area contributed by atoms with E-state index in [-0.39, 0.29) is 37.1 Å². The predicted molar refractivity (Wildman–Crippen MR) is 117 cm³/mol. The molecule has 0 radical (unpaired) electrons. The van der Waals surface area contributed by atoms with Gasteiger partial charge in [-0.3, -0.25) is 9.59 Å². The second-order valence-corrected chi connectivity index (χ2v) is 7.72. The summed E-state index contributed by atoms with van der Waals surface area (Å²) in [5, 5.41) is 0. The van der Waals surface area contributed by atoms with Gasteiger partial charge < -0.3 is 23.7 Å². The lowest BCUT2D eigenvalue weighted by molar-refractivity contribution is -0.172. The molecule has 0 aliphatic rings. The number of ether oxygens (including phenoxy) is 5. The standard InChI is InChI=1S/C23H36O10/c1-16(2)21(26)29-12-10-8-6-7-9-11-19(24)32-15-20(25)33-18(5)23(28)31-14-13-30-22(27)17(3)4/h16,18H,3,6-15H2,1-2,4-5H3. The van der Waals surface area contributed by atoms with Crippen LogP contribution < -0.4 is 0 Å². The van der Waals surface area contributed by atoms with Crippen molar-refractivity contribution in [2.45, 2.75) is 72.3 Å². The third kappa shape index (κ3) is 16.4. The topological polar surface area (TPSA) is 132 Å². The van der Waals surface area contributed by atoms with Crippen LogP contribution >= 0.6 is 0 Å². The SMILES string of the molecule is C=C(C)C(=O)OCCOC(=O)C(C)OC(=O)COC(=O)CCCCCCCOC(=O)C(C)C. The van der Waals surface area contributed by atoms with E-state index in [0.717, 1.165) is 25.7 Å². The third-order valence-electron chi connectivity index (χ3n) is 4.14. The van der Waals surface area contributed by atoms with Gasteiger partial charge in [0.15, 0.2) is 12.7 Å². The molecule has 0 aliphatic carbocycles. The Morgan fingerprint density at radius 2 is 1.27 bits per heavy atom. The number of carbonyl (C=O) groups excluding carboxylic acids is 5. The van der Waals surface area contributed by atoms with Gasteiger partial charge in [-0.1, -0.05) is 39.7 Å². The fourth-order valence-electron chi connectivity index (χ4n) is 2.25. The average Bonchev–Trinajstić information content (AvgIpc) is 2.76. The molecule has 33 heavy (non-hydrogen) atoms. The van der Waals surface area contributed by atoms with E-state index in [1.165, 1.54) is 13.8 Å². The molecule has 0 aromatic heterocycles. The molecule has 0 spiro atoms. The summed E-state index contributed by atoms with van der Waals surface area (Å²) in [7, 11) is 0. The summed E-state index contributed by atoms with van der Waals surface area (Å²) in [5.74, 6) is -3.17. The van der Waals surface area contributed by atoms with E-state index in [4.69, 9.17) is 23.7 Å². The zero-order valence-corrected chi connectivity index (χ0v) is 20.0. The van der Waals surface area contributed by atoms with Crippen molar-refractivity contribution in [2.24, 2.45) is 5.92 Å². The van der Waals surface area contributed by atoms with Gasteiger partial charge in [0.05, 0.1) is 12.5 Å². The van der Waals surface area contributed by atoms with Crippen molar-refractivity contribution in [3.8, 4) is 0 Å². The Labute approximate surface area is 194 Å². The molecule has 1 unspecified atom stereocenters. The monoisotopic (exact) mass is 472 g/mol. The van der Waals surface area contributed by atoms with Crippen LogP contribution in [-0.4, -0.2) is 62.4 Å². The van der Waals surface area contributed by atoms with Gasteiger partial charge >= 0.3 is 29.8 Å². The highest BCUT2D eigenvalue weighted by atomic mass is 16.6. The molecule has 0 amide bonds. The van der Waals surface area contributed by atoms with E-state index in [0.29, 0.717) is 13.0 Å². The van der Waals surface area contributed by atoms with Gasteiger partial charge in [0.2, 0.25) is 0 Å². The van der Waals surface area contributed by atoms with E-state index in [2.05, 4.69) is 6.58 Å². The Balaban J connectivity index is 3.77. The normalized spacial score (nSPS) is 11.3. The second kappa shape index (κ2) is 17.6. The van der Waals surface area contributed by atoms with Crippen molar-refractivity contribution in [3.63, 3.8) is 0 Å². The first-order valence-electron chi connectivity index (χ1n) is 11.1. The molecule has 0 saturated carbocycles. The molecule has 10 nitrogen and oxygen atoms in total. The smallest absolute Gasteiger partial charge is 0.347 e. The van der Waals surface area contributed by atoms with E-state index in [9.17, 15) is 24.0 Å². The van der Waals surface area contributed by atoms with Gasteiger partial charge in [-0.25, -0.2) is 14.4 Å². The second-order valence-electron chi connectivity index (χ2n) is 7.72. The van der Waals surface area contributed by atoms with Crippen LogP contribution in [0, 0.1) is 5.92 Å². The average molecular weight is 473 g/mol. The maximum atomic E-state index is 11.7.